The lowest BCUT2D eigenvalue weighted by Crippen LogP contribution is -2.04. The lowest BCUT2D eigenvalue weighted by molar-refractivity contribution is 0.312. The van der Waals surface area contributed by atoms with Crippen LogP contribution in [-0.4, -0.2) is 21.6 Å². The smallest absolute Gasteiger partial charge is 0.321 e. The van der Waals surface area contributed by atoms with E-state index >= 15 is 0 Å². The molecule has 78 valence electrons. The van der Waals surface area contributed by atoms with Gasteiger partial charge in [0.2, 0.25) is 5.95 Å². The molecule has 2 aromatic rings. The number of rotatable bonds is 3. The highest BCUT2D eigenvalue weighted by Crippen LogP contribution is 2.17. The molecule has 6 heteroatoms. The Bertz CT molecular complexity index is 441. The van der Waals surface area contributed by atoms with Crippen LogP contribution >= 0.6 is 0 Å². The van der Waals surface area contributed by atoms with E-state index in [0.29, 0.717) is 12.4 Å². The second-order valence-corrected chi connectivity index (χ2v) is 2.74. The summed E-state index contributed by atoms with van der Waals surface area (Å²) in [7, 11) is 0. The molecule has 2 aromatic heterocycles. The number of nitrogens with zero attached hydrogens (tertiary/aromatic N) is 3. The van der Waals surface area contributed by atoms with E-state index in [1.165, 1.54) is 12.5 Å². The second-order valence-electron chi connectivity index (χ2n) is 2.74. The van der Waals surface area contributed by atoms with Gasteiger partial charge in [-0.25, -0.2) is 0 Å². The Kier molecular flexibility index (Phi) is 2.49. The van der Waals surface area contributed by atoms with Gasteiger partial charge in [-0.2, -0.15) is 15.0 Å². The number of hydrogen-bond acceptors (Lipinski definition) is 6. The molecule has 0 amide bonds. The normalized spacial score (nSPS) is 10.2. The van der Waals surface area contributed by atoms with Gasteiger partial charge in [0.05, 0.1) is 18.4 Å². The van der Waals surface area contributed by atoms with Gasteiger partial charge in [-0.1, -0.05) is 0 Å². The first-order valence-electron chi connectivity index (χ1n) is 4.46. The van der Waals surface area contributed by atoms with E-state index in [4.69, 9.17) is 14.9 Å². The van der Waals surface area contributed by atoms with Crippen LogP contribution in [0.25, 0.3) is 11.4 Å². The van der Waals surface area contributed by atoms with Gasteiger partial charge in [0.15, 0.2) is 5.82 Å². The fourth-order valence-corrected chi connectivity index (χ4v) is 1.09. The third-order valence-electron chi connectivity index (χ3n) is 1.69. The van der Waals surface area contributed by atoms with Gasteiger partial charge in [0.25, 0.3) is 0 Å². The van der Waals surface area contributed by atoms with Crippen molar-refractivity contribution in [1.82, 2.24) is 15.0 Å². The van der Waals surface area contributed by atoms with E-state index in [9.17, 15) is 0 Å². The maximum atomic E-state index is 5.52. The van der Waals surface area contributed by atoms with Crippen molar-refractivity contribution in [3.63, 3.8) is 0 Å². The van der Waals surface area contributed by atoms with E-state index in [-0.39, 0.29) is 12.0 Å². The first-order valence-corrected chi connectivity index (χ1v) is 4.46. The van der Waals surface area contributed by atoms with Gasteiger partial charge in [0, 0.05) is 0 Å². The lowest BCUT2D eigenvalue weighted by Gasteiger charge is -2.02. The van der Waals surface area contributed by atoms with Crippen LogP contribution in [0.1, 0.15) is 6.92 Å². The fourth-order valence-electron chi connectivity index (χ4n) is 1.09. The van der Waals surface area contributed by atoms with Crippen LogP contribution in [0.4, 0.5) is 5.95 Å². The zero-order chi connectivity index (χ0) is 10.7. The lowest BCUT2D eigenvalue weighted by atomic mass is 10.3. The summed E-state index contributed by atoms with van der Waals surface area (Å²) in [6.45, 7) is 2.33. The molecule has 0 aliphatic carbocycles. The van der Waals surface area contributed by atoms with Crippen molar-refractivity contribution < 1.29 is 9.15 Å². The van der Waals surface area contributed by atoms with Gasteiger partial charge in [-0.05, 0) is 13.0 Å². The summed E-state index contributed by atoms with van der Waals surface area (Å²) in [5, 5.41) is 0. The average molecular weight is 206 g/mol. The summed E-state index contributed by atoms with van der Waals surface area (Å²) in [6.07, 6.45) is 3.07. The Hall–Kier alpha value is -2.11. The highest BCUT2D eigenvalue weighted by Gasteiger charge is 2.07. The predicted molar refractivity (Wildman–Crippen MR) is 53.1 cm³/mol. The first kappa shape index (κ1) is 9.45. The van der Waals surface area contributed by atoms with Crippen LogP contribution in [0.2, 0.25) is 0 Å². The summed E-state index contributed by atoms with van der Waals surface area (Å²) < 4.78 is 10.1. The molecular formula is C9H10N4O2. The minimum Gasteiger partial charge on any atom is -0.472 e. The fraction of sp³-hybridized carbons (Fsp3) is 0.222. The Morgan fingerprint density at radius 2 is 2.27 bits per heavy atom. The van der Waals surface area contributed by atoms with Gasteiger partial charge in [-0.3, -0.25) is 0 Å². The molecule has 6 nitrogen and oxygen atoms in total. The molecule has 0 unspecified atom stereocenters. The highest BCUT2D eigenvalue weighted by atomic mass is 16.5. The Morgan fingerprint density at radius 1 is 1.40 bits per heavy atom. The molecule has 0 atom stereocenters. The first-order chi connectivity index (χ1) is 7.29. The molecule has 0 aliphatic rings. The summed E-state index contributed by atoms with van der Waals surface area (Å²) >= 11 is 0. The van der Waals surface area contributed by atoms with E-state index < -0.39 is 0 Å². The molecule has 0 saturated carbocycles. The van der Waals surface area contributed by atoms with Crippen LogP contribution < -0.4 is 10.5 Å². The molecule has 15 heavy (non-hydrogen) atoms. The molecule has 0 aliphatic heterocycles. The summed E-state index contributed by atoms with van der Waals surface area (Å²) in [4.78, 5) is 11.9. The molecule has 0 saturated heterocycles. The van der Waals surface area contributed by atoms with Gasteiger partial charge >= 0.3 is 6.01 Å². The second kappa shape index (κ2) is 3.95. The monoisotopic (exact) mass is 206 g/mol. The zero-order valence-corrected chi connectivity index (χ0v) is 8.17. The van der Waals surface area contributed by atoms with E-state index in [0.717, 1.165) is 5.56 Å². The summed E-state index contributed by atoms with van der Waals surface area (Å²) in [5.41, 5.74) is 6.26. The van der Waals surface area contributed by atoms with Crippen molar-refractivity contribution >= 4 is 5.95 Å². The summed E-state index contributed by atoms with van der Waals surface area (Å²) in [6, 6.07) is 1.96. The molecular weight excluding hydrogens is 196 g/mol. The molecule has 0 spiro atoms. The van der Waals surface area contributed by atoms with Crippen molar-refractivity contribution in [3.05, 3.63) is 18.6 Å². The van der Waals surface area contributed by atoms with Crippen molar-refractivity contribution in [2.24, 2.45) is 0 Å². The number of ether oxygens (including phenoxy) is 1. The maximum absolute atomic E-state index is 5.52. The van der Waals surface area contributed by atoms with Gasteiger partial charge in [-0.15, -0.1) is 0 Å². The Morgan fingerprint density at radius 3 is 2.93 bits per heavy atom. The molecule has 2 N–H and O–H groups in total. The largest absolute Gasteiger partial charge is 0.472 e. The summed E-state index contributed by atoms with van der Waals surface area (Å²) in [5.74, 6) is 0.573. The quantitative estimate of drug-likeness (QED) is 0.809. The molecule has 2 heterocycles. The minimum absolute atomic E-state index is 0.129. The SMILES string of the molecule is CCOc1nc(N)nc(-c2ccoc2)n1. The molecule has 0 aromatic carbocycles. The third kappa shape index (κ3) is 2.04. The molecule has 0 bridgehead atoms. The molecule has 2 rings (SSSR count). The van der Waals surface area contributed by atoms with Crippen molar-refractivity contribution in [3.8, 4) is 17.4 Å². The predicted octanol–water partition coefficient (Wildman–Crippen LogP) is 1.11. The average Bonchev–Trinajstić information content (AvgIpc) is 2.70. The number of aromatic nitrogens is 3. The van der Waals surface area contributed by atoms with Gasteiger partial charge in [0.1, 0.15) is 6.26 Å². The van der Waals surface area contributed by atoms with E-state index in [1.54, 1.807) is 6.07 Å². The van der Waals surface area contributed by atoms with Crippen molar-refractivity contribution in [2.45, 2.75) is 6.92 Å². The maximum Gasteiger partial charge on any atom is 0.321 e. The number of anilines is 1. The van der Waals surface area contributed by atoms with E-state index in [2.05, 4.69) is 15.0 Å². The highest BCUT2D eigenvalue weighted by molar-refractivity contribution is 5.53. The minimum atomic E-state index is 0.129. The van der Waals surface area contributed by atoms with Crippen molar-refractivity contribution in [2.75, 3.05) is 12.3 Å². The van der Waals surface area contributed by atoms with Crippen LogP contribution in [-0.2, 0) is 0 Å². The Balaban J connectivity index is 2.40. The van der Waals surface area contributed by atoms with E-state index in [1.807, 2.05) is 6.92 Å². The van der Waals surface area contributed by atoms with Gasteiger partial charge < -0.3 is 14.9 Å². The van der Waals surface area contributed by atoms with Crippen molar-refractivity contribution in [1.29, 1.82) is 0 Å². The van der Waals surface area contributed by atoms with Crippen LogP contribution in [0.5, 0.6) is 6.01 Å². The number of furan rings is 1. The molecule has 0 fully saturated rings. The van der Waals surface area contributed by atoms with Crippen LogP contribution in [0.15, 0.2) is 23.0 Å². The zero-order valence-electron chi connectivity index (χ0n) is 8.17. The third-order valence-corrected chi connectivity index (χ3v) is 1.69. The number of nitrogens with two attached hydrogens (primary N) is 1. The number of nitrogen functional groups attached to an aromatic ring is 1. The van der Waals surface area contributed by atoms with Crippen LogP contribution in [0, 0.1) is 0 Å². The number of hydrogen-bond donors (Lipinski definition) is 1. The topological polar surface area (TPSA) is 87.1 Å². The van der Waals surface area contributed by atoms with Crippen LogP contribution in [0.3, 0.4) is 0 Å². The molecule has 0 radical (unpaired) electrons. The Labute approximate surface area is 86.1 Å². The standard InChI is InChI=1S/C9H10N4O2/c1-2-15-9-12-7(11-8(10)13-9)6-3-4-14-5-6/h3-5H,2H2,1H3,(H2,10,11,12,13).